The van der Waals surface area contributed by atoms with Crippen LogP contribution >= 0.6 is 0 Å². The highest BCUT2D eigenvalue weighted by atomic mass is 32.2. The van der Waals surface area contributed by atoms with Gasteiger partial charge in [0.15, 0.2) is 0 Å². The summed E-state index contributed by atoms with van der Waals surface area (Å²) >= 11 is 0. The summed E-state index contributed by atoms with van der Waals surface area (Å²) in [5.74, 6) is -0.887. The van der Waals surface area contributed by atoms with Crippen molar-refractivity contribution in [2.24, 2.45) is 0 Å². The molecule has 1 aliphatic carbocycles. The van der Waals surface area contributed by atoms with Crippen LogP contribution in [0.5, 0.6) is 0 Å². The van der Waals surface area contributed by atoms with Gasteiger partial charge in [-0.15, -0.1) is 0 Å². The summed E-state index contributed by atoms with van der Waals surface area (Å²) in [5.41, 5.74) is 2.82. The van der Waals surface area contributed by atoms with Crippen LogP contribution in [-0.4, -0.2) is 54.9 Å². The first-order valence-electron chi connectivity index (χ1n) is 14.8. The van der Waals surface area contributed by atoms with E-state index in [1.165, 1.54) is 17.0 Å². The smallest absolute Gasteiger partial charge is 0.271 e. The minimum absolute atomic E-state index is 0.00507. The van der Waals surface area contributed by atoms with Gasteiger partial charge in [0.1, 0.15) is 12.6 Å². The van der Waals surface area contributed by atoms with E-state index in [2.05, 4.69) is 5.32 Å². The van der Waals surface area contributed by atoms with E-state index in [0.717, 1.165) is 65.4 Å². The van der Waals surface area contributed by atoms with Crippen molar-refractivity contribution in [3.8, 4) is 0 Å². The van der Waals surface area contributed by atoms with Crippen LogP contribution in [0.4, 0.5) is 11.4 Å². The Hall–Kier alpha value is -4.25. The highest BCUT2D eigenvalue weighted by molar-refractivity contribution is 7.92. The van der Waals surface area contributed by atoms with Crippen LogP contribution in [0.1, 0.15) is 54.4 Å². The number of carbonyl (C=O) groups is 2. The molecule has 10 nitrogen and oxygen atoms in total. The number of nitrogens with one attached hydrogen (secondary N) is 1. The predicted molar refractivity (Wildman–Crippen MR) is 171 cm³/mol. The number of hydrogen-bond donors (Lipinski definition) is 1. The molecule has 0 aromatic heterocycles. The highest BCUT2D eigenvalue weighted by Gasteiger charge is 2.34. The Kier molecular flexibility index (Phi) is 10.7. The minimum atomic E-state index is -4.06. The number of amides is 2. The first-order chi connectivity index (χ1) is 20.9. The Labute approximate surface area is 259 Å². The standard InChI is InChI=1S/C33H40N4O6S/c1-24-11-10-14-27(19-24)22-35(31(20-26-12-6-4-7-13-26)33(39)34-28-15-8-5-9-16-28)32(38)23-36(44(3,42)43)30-21-29(37(40)41)18-17-25(30)2/h4,6-7,10-14,17-19,21,28,31H,5,8-9,15-16,20,22-23H2,1-3H3,(H,34,39). The summed E-state index contributed by atoms with van der Waals surface area (Å²) < 4.78 is 27.1. The number of non-ortho nitro benzene ring substituents is 1. The second-order valence-corrected chi connectivity index (χ2v) is 13.5. The van der Waals surface area contributed by atoms with Gasteiger partial charge in [-0.05, 0) is 43.4 Å². The van der Waals surface area contributed by atoms with E-state index in [1.807, 2.05) is 61.5 Å². The molecule has 0 bridgehead atoms. The van der Waals surface area contributed by atoms with Crippen molar-refractivity contribution in [3.63, 3.8) is 0 Å². The van der Waals surface area contributed by atoms with Crippen LogP contribution in [0.3, 0.4) is 0 Å². The van der Waals surface area contributed by atoms with Crippen molar-refractivity contribution < 1.29 is 22.9 Å². The van der Waals surface area contributed by atoms with E-state index in [1.54, 1.807) is 6.92 Å². The fraction of sp³-hybridized carbons (Fsp3) is 0.394. The SMILES string of the molecule is Cc1cccc(CN(C(=O)CN(c2cc([N+](=O)[O-])ccc2C)S(C)(=O)=O)C(Cc2ccccc2)C(=O)NC2CCCCC2)c1. The Bertz CT molecular complexity index is 1590. The number of aryl methyl sites for hydroxylation is 2. The van der Waals surface area contributed by atoms with Crippen LogP contribution < -0.4 is 9.62 Å². The molecule has 0 spiro atoms. The summed E-state index contributed by atoms with van der Waals surface area (Å²) in [6, 6.07) is 20.0. The predicted octanol–water partition coefficient (Wildman–Crippen LogP) is 5.07. The Morgan fingerprint density at radius 2 is 1.64 bits per heavy atom. The number of hydrogen-bond acceptors (Lipinski definition) is 6. The van der Waals surface area contributed by atoms with Crippen molar-refractivity contribution in [1.82, 2.24) is 10.2 Å². The second-order valence-electron chi connectivity index (χ2n) is 11.6. The summed E-state index contributed by atoms with van der Waals surface area (Å²) in [6.45, 7) is 3.00. The maximum atomic E-state index is 14.3. The molecule has 0 saturated heterocycles. The zero-order valence-corrected chi connectivity index (χ0v) is 26.3. The van der Waals surface area contributed by atoms with E-state index in [4.69, 9.17) is 0 Å². The lowest BCUT2D eigenvalue weighted by molar-refractivity contribution is -0.384. The number of nitrogens with zero attached hydrogens (tertiary/aromatic N) is 3. The molecule has 0 heterocycles. The van der Waals surface area contributed by atoms with Gasteiger partial charge in [0, 0.05) is 31.1 Å². The van der Waals surface area contributed by atoms with E-state index in [9.17, 15) is 28.1 Å². The van der Waals surface area contributed by atoms with Crippen LogP contribution in [-0.2, 0) is 32.6 Å². The monoisotopic (exact) mass is 620 g/mol. The lowest BCUT2D eigenvalue weighted by Gasteiger charge is -2.35. The molecule has 11 heteroatoms. The molecule has 1 fully saturated rings. The van der Waals surface area contributed by atoms with Crippen LogP contribution in [0.15, 0.2) is 72.8 Å². The lowest BCUT2D eigenvalue weighted by atomic mass is 9.94. The fourth-order valence-electron chi connectivity index (χ4n) is 5.68. The van der Waals surface area contributed by atoms with Crippen molar-refractivity contribution in [3.05, 3.63) is 105 Å². The Balaban J connectivity index is 1.76. The molecule has 234 valence electrons. The molecule has 3 aromatic rings. The topological polar surface area (TPSA) is 130 Å². The normalized spacial score (nSPS) is 14.4. The van der Waals surface area contributed by atoms with Crippen LogP contribution in [0.2, 0.25) is 0 Å². The molecule has 1 saturated carbocycles. The molecule has 2 amide bonds. The quantitative estimate of drug-likeness (QED) is 0.222. The molecule has 1 N–H and O–H groups in total. The lowest BCUT2D eigenvalue weighted by Crippen LogP contribution is -2.55. The molecule has 1 atom stereocenters. The molecular formula is C33H40N4O6S. The van der Waals surface area contributed by atoms with Gasteiger partial charge in [-0.3, -0.25) is 24.0 Å². The van der Waals surface area contributed by atoms with Gasteiger partial charge in [-0.1, -0.05) is 85.5 Å². The van der Waals surface area contributed by atoms with Crippen molar-refractivity contribution >= 4 is 33.2 Å². The van der Waals surface area contributed by atoms with E-state index in [-0.39, 0.29) is 36.3 Å². The molecule has 44 heavy (non-hydrogen) atoms. The van der Waals surface area contributed by atoms with Gasteiger partial charge < -0.3 is 10.2 Å². The number of sulfonamides is 1. The number of rotatable bonds is 12. The van der Waals surface area contributed by atoms with E-state index >= 15 is 0 Å². The molecular weight excluding hydrogens is 580 g/mol. The van der Waals surface area contributed by atoms with Gasteiger partial charge in [-0.25, -0.2) is 8.42 Å². The first-order valence-corrected chi connectivity index (χ1v) is 16.7. The van der Waals surface area contributed by atoms with Crippen molar-refractivity contribution in [1.29, 1.82) is 0 Å². The zero-order valence-electron chi connectivity index (χ0n) is 25.4. The third-order valence-electron chi connectivity index (χ3n) is 8.01. The number of nitro groups is 1. The van der Waals surface area contributed by atoms with Gasteiger partial charge in [0.25, 0.3) is 5.69 Å². The first kappa shape index (κ1) is 32.7. The number of nitro benzene ring substituents is 1. The van der Waals surface area contributed by atoms with Gasteiger partial charge in [-0.2, -0.15) is 0 Å². The summed E-state index contributed by atoms with van der Waals surface area (Å²) in [4.78, 5) is 40.7. The summed E-state index contributed by atoms with van der Waals surface area (Å²) in [5, 5.41) is 14.7. The van der Waals surface area contributed by atoms with Gasteiger partial charge in [0.05, 0.1) is 16.9 Å². The molecule has 4 rings (SSSR count). The third kappa shape index (κ3) is 8.66. The highest BCUT2D eigenvalue weighted by Crippen LogP contribution is 2.28. The van der Waals surface area contributed by atoms with Crippen molar-refractivity contribution in [2.45, 2.75) is 71.0 Å². The third-order valence-corrected chi connectivity index (χ3v) is 9.14. The van der Waals surface area contributed by atoms with E-state index < -0.39 is 33.4 Å². The Morgan fingerprint density at radius 1 is 0.955 bits per heavy atom. The van der Waals surface area contributed by atoms with Crippen LogP contribution in [0.25, 0.3) is 0 Å². The second kappa shape index (κ2) is 14.5. The largest absolute Gasteiger partial charge is 0.352 e. The van der Waals surface area contributed by atoms with Gasteiger partial charge >= 0.3 is 0 Å². The summed E-state index contributed by atoms with van der Waals surface area (Å²) in [7, 11) is -4.06. The molecule has 0 radical (unpaired) electrons. The van der Waals surface area contributed by atoms with E-state index in [0.29, 0.717) is 5.56 Å². The number of benzene rings is 3. The zero-order chi connectivity index (χ0) is 31.9. The average molecular weight is 621 g/mol. The van der Waals surface area contributed by atoms with Crippen molar-refractivity contribution in [2.75, 3.05) is 17.1 Å². The molecule has 3 aromatic carbocycles. The molecule has 0 aliphatic heterocycles. The minimum Gasteiger partial charge on any atom is -0.352 e. The number of anilines is 1. The van der Waals surface area contributed by atoms with Gasteiger partial charge in [0.2, 0.25) is 21.8 Å². The molecule has 1 aliphatic rings. The Morgan fingerprint density at radius 3 is 2.27 bits per heavy atom. The maximum absolute atomic E-state index is 14.3. The van der Waals surface area contributed by atoms with Crippen LogP contribution in [0, 0.1) is 24.0 Å². The average Bonchev–Trinajstić information content (AvgIpc) is 2.98. The number of carbonyl (C=O) groups excluding carboxylic acids is 2. The fourth-order valence-corrected chi connectivity index (χ4v) is 6.58. The summed E-state index contributed by atoms with van der Waals surface area (Å²) in [6.07, 6.45) is 6.08. The maximum Gasteiger partial charge on any atom is 0.271 e. The molecule has 1 unspecified atom stereocenters.